The third kappa shape index (κ3) is 773. The van der Waals surface area contributed by atoms with Gasteiger partial charge < -0.3 is 10.8 Å². The minimum Gasteiger partial charge on any atom is -0.465 e. The molecule has 3 nitrogen and oxygen atoms in total. The fourth-order valence-corrected chi connectivity index (χ4v) is 0. The molecular weight excluding hydrogens is 94.0 g/mol. The highest BCUT2D eigenvalue weighted by atomic mass is 16.4. The van der Waals surface area contributed by atoms with E-state index in [1.807, 2.05) is 0 Å². The molecule has 1 aliphatic rings. The lowest BCUT2D eigenvalue weighted by Crippen LogP contribution is -2.03. The van der Waals surface area contributed by atoms with Crippen molar-refractivity contribution >= 4 is 6.09 Å². The molecule has 0 radical (unpaired) electrons. The molecule has 0 aliphatic heterocycles. The van der Waals surface area contributed by atoms with Crippen LogP contribution in [0.3, 0.4) is 0 Å². The van der Waals surface area contributed by atoms with Gasteiger partial charge in [-0.2, -0.15) is 0 Å². The van der Waals surface area contributed by atoms with Crippen LogP contribution in [-0.2, 0) is 0 Å². The summed E-state index contributed by atoms with van der Waals surface area (Å²) in [6.45, 7) is 0. The van der Waals surface area contributed by atoms with Gasteiger partial charge in [0.25, 0.3) is 0 Å². The monoisotopic (exact) mass is 103 g/mol. The van der Waals surface area contributed by atoms with Crippen LogP contribution in [-0.4, -0.2) is 11.2 Å². The summed E-state index contributed by atoms with van der Waals surface area (Å²) in [6, 6.07) is 0. The van der Waals surface area contributed by atoms with Crippen molar-refractivity contribution in [3.63, 3.8) is 0 Å². The average Bonchev–Trinajstić information content (AvgIpc) is 2.02. The summed E-state index contributed by atoms with van der Waals surface area (Å²) in [4.78, 5) is 8.78. The van der Waals surface area contributed by atoms with Crippen molar-refractivity contribution in [1.82, 2.24) is 0 Å². The lowest BCUT2D eigenvalue weighted by molar-refractivity contribution is 0.205. The van der Waals surface area contributed by atoms with Crippen LogP contribution in [0.2, 0.25) is 0 Å². The first-order chi connectivity index (χ1) is 3.23. The molecule has 0 aromatic carbocycles. The van der Waals surface area contributed by atoms with E-state index in [2.05, 4.69) is 5.73 Å². The number of hydrogen-bond donors (Lipinski definition) is 2. The van der Waals surface area contributed by atoms with Gasteiger partial charge in [0, 0.05) is 0 Å². The number of rotatable bonds is 0. The van der Waals surface area contributed by atoms with Crippen LogP contribution < -0.4 is 5.73 Å². The molecule has 1 amide bonds. The van der Waals surface area contributed by atoms with E-state index in [9.17, 15) is 0 Å². The van der Waals surface area contributed by atoms with E-state index in [1.165, 1.54) is 19.3 Å². The van der Waals surface area contributed by atoms with Gasteiger partial charge in [0.05, 0.1) is 0 Å². The van der Waals surface area contributed by atoms with Gasteiger partial charge in [0.2, 0.25) is 0 Å². The van der Waals surface area contributed by atoms with Gasteiger partial charge in [0.15, 0.2) is 0 Å². The van der Waals surface area contributed by atoms with Crippen LogP contribution in [0.4, 0.5) is 4.79 Å². The highest BCUT2D eigenvalue weighted by Gasteiger charge is 1.95. The predicted octanol–water partition coefficient (Wildman–Crippen LogP) is 0.793. The second-order valence-electron chi connectivity index (χ2n) is 1.40. The molecule has 1 saturated carbocycles. The van der Waals surface area contributed by atoms with Crippen molar-refractivity contribution in [2.45, 2.75) is 19.3 Å². The molecule has 1 fully saturated rings. The maximum Gasteiger partial charge on any atom is 0.402 e. The molecule has 0 spiro atoms. The molecule has 0 bridgehead atoms. The van der Waals surface area contributed by atoms with E-state index in [1.54, 1.807) is 0 Å². The quantitative estimate of drug-likeness (QED) is 0.476. The van der Waals surface area contributed by atoms with Crippen molar-refractivity contribution in [2.75, 3.05) is 0 Å². The third-order valence-corrected chi connectivity index (χ3v) is 0.354. The van der Waals surface area contributed by atoms with Gasteiger partial charge in [-0.3, -0.25) is 0 Å². The minimum atomic E-state index is -1.33. The lowest BCUT2D eigenvalue weighted by atomic mass is 11.0. The maximum atomic E-state index is 8.78. The third-order valence-electron chi connectivity index (χ3n) is 0.354. The molecule has 0 atom stereocenters. The van der Waals surface area contributed by atoms with Crippen LogP contribution in [0.25, 0.3) is 0 Å². The zero-order valence-corrected chi connectivity index (χ0v) is 4.05. The summed E-state index contributed by atoms with van der Waals surface area (Å²) in [5.41, 5.74) is 4.03. The fourth-order valence-electron chi connectivity index (χ4n) is 0. The Bertz CT molecular complexity index is 54.0. The number of amides is 1. The van der Waals surface area contributed by atoms with Gasteiger partial charge in [-0.15, -0.1) is 0 Å². The van der Waals surface area contributed by atoms with E-state index in [0.29, 0.717) is 0 Å². The Hall–Kier alpha value is -0.730. The number of nitrogens with two attached hydrogens (primary N) is 1. The lowest BCUT2D eigenvalue weighted by Gasteiger charge is -1.61. The maximum absolute atomic E-state index is 8.78. The number of hydrogen-bond acceptors (Lipinski definition) is 1. The highest BCUT2D eigenvalue weighted by Crippen LogP contribution is 2.14. The van der Waals surface area contributed by atoms with E-state index in [-0.39, 0.29) is 0 Å². The molecule has 1 rings (SSSR count). The van der Waals surface area contributed by atoms with E-state index in [0.717, 1.165) is 0 Å². The van der Waals surface area contributed by atoms with Crippen LogP contribution in [0.5, 0.6) is 0 Å². The van der Waals surface area contributed by atoms with Crippen LogP contribution in [0, 0.1) is 0 Å². The largest absolute Gasteiger partial charge is 0.465 e. The Morgan fingerprint density at radius 2 is 1.57 bits per heavy atom. The van der Waals surface area contributed by atoms with Gasteiger partial charge >= 0.3 is 6.09 Å². The second kappa shape index (κ2) is 3.46. The Kier molecular flexibility index (Phi) is 3.10. The normalized spacial score (nSPS) is 13.7. The van der Waals surface area contributed by atoms with Crippen LogP contribution in [0.15, 0.2) is 0 Å². The van der Waals surface area contributed by atoms with Crippen molar-refractivity contribution in [3.05, 3.63) is 0 Å². The summed E-state index contributed by atoms with van der Waals surface area (Å²) < 4.78 is 0. The van der Waals surface area contributed by atoms with Gasteiger partial charge in [-0.1, -0.05) is 19.3 Å². The SMILES string of the molecule is C1CC1.NC(=O)O. The van der Waals surface area contributed by atoms with Gasteiger partial charge in [0.1, 0.15) is 0 Å². The smallest absolute Gasteiger partial charge is 0.402 e. The Balaban J connectivity index is 0.000000105. The first-order valence-corrected chi connectivity index (χ1v) is 2.22. The molecule has 3 N–H and O–H groups in total. The first kappa shape index (κ1) is 6.27. The van der Waals surface area contributed by atoms with Crippen molar-refractivity contribution in [2.24, 2.45) is 5.73 Å². The molecular formula is C4H9NO2. The standard InChI is InChI=1S/C3H6.CH3NO2/c1-2-3-1;2-1(3)4/h1-3H2;2H2,(H,3,4). The molecule has 42 valence electrons. The summed E-state index contributed by atoms with van der Waals surface area (Å²) in [5, 5.41) is 7.19. The molecule has 0 unspecified atom stereocenters. The van der Waals surface area contributed by atoms with E-state index in [4.69, 9.17) is 9.90 Å². The summed E-state index contributed by atoms with van der Waals surface area (Å²) >= 11 is 0. The van der Waals surface area contributed by atoms with Crippen LogP contribution in [0.1, 0.15) is 19.3 Å². The zero-order valence-electron chi connectivity index (χ0n) is 4.05. The molecule has 0 saturated heterocycles. The Morgan fingerprint density at radius 3 is 1.57 bits per heavy atom. The molecule has 1 aliphatic carbocycles. The molecule has 7 heavy (non-hydrogen) atoms. The number of carboxylic acid groups (broad SMARTS) is 1. The van der Waals surface area contributed by atoms with Gasteiger partial charge in [-0.25, -0.2) is 4.79 Å². The summed E-state index contributed by atoms with van der Waals surface area (Å²) in [6.07, 6.45) is 3.17. The molecule has 0 aromatic heterocycles. The van der Waals surface area contributed by atoms with Crippen molar-refractivity contribution in [1.29, 1.82) is 0 Å². The van der Waals surface area contributed by atoms with E-state index < -0.39 is 6.09 Å². The summed E-state index contributed by atoms with van der Waals surface area (Å²) in [7, 11) is 0. The molecule has 3 heteroatoms. The van der Waals surface area contributed by atoms with Gasteiger partial charge in [-0.05, 0) is 0 Å². The van der Waals surface area contributed by atoms with Crippen LogP contribution >= 0.6 is 0 Å². The van der Waals surface area contributed by atoms with Crippen molar-refractivity contribution < 1.29 is 9.90 Å². The number of carbonyl (C=O) groups is 1. The van der Waals surface area contributed by atoms with E-state index >= 15 is 0 Å². The van der Waals surface area contributed by atoms with Crippen molar-refractivity contribution in [3.8, 4) is 0 Å². The first-order valence-electron chi connectivity index (χ1n) is 2.22. The Morgan fingerprint density at radius 1 is 1.43 bits per heavy atom. The second-order valence-corrected chi connectivity index (χ2v) is 1.40. The molecule has 0 aromatic rings. The predicted molar refractivity (Wildman–Crippen MR) is 26.1 cm³/mol. The highest BCUT2D eigenvalue weighted by molar-refractivity contribution is 5.61. The number of primary amides is 1. The minimum absolute atomic E-state index is 1.33. The fraction of sp³-hybridized carbons (Fsp3) is 0.750. The average molecular weight is 103 g/mol. The molecule has 0 heterocycles. The Labute approximate surface area is 42.1 Å². The zero-order chi connectivity index (χ0) is 5.70. The topological polar surface area (TPSA) is 63.3 Å². The summed E-state index contributed by atoms with van der Waals surface area (Å²) in [5.74, 6) is 0.